The molecule has 0 aliphatic heterocycles. The molecule has 4 rings (SSSR count). The van der Waals surface area contributed by atoms with Crippen molar-refractivity contribution in [2.45, 2.75) is 19.4 Å². The Labute approximate surface area is 202 Å². The summed E-state index contributed by atoms with van der Waals surface area (Å²) in [6.45, 7) is 1.85. The SMILES string of the molecule is C[C@@H](c1ccccc1)N(CC(=O)Nc1ccc(-c2csc(N)n2)cc1)C(=O)Cc1ccccn1. The van der Waals surface area contributed by atoms with Crippen LogP contribution in [0.2, 0.25) is 0 Å². The average Bonchev–Trinajstić information content (AvgIpc) is 3.30. The Morgan fingerprint density at radius 2 is 1.76 bits per heavy atom. The first-order valence-electron chi connectivity index (χ1n) is 10.8. The van der Waals surface area contributed by atoms with E-state index in [1.807, 2.05) is 73.0 Å². The Balaban J connectivity index is 1.47. The predicted molar refractivity (Wildman–Crippen MR) is 135 cm³/mol. The molecule has 1 atom stereocenters. The van der Waals surface area contributed by atoms with E-state index in [-0.39, 0.29) is 30.8 Å². The van der Waals surface area contributed by atoms with Gasteiger partial charge in [0.1, 0.15) is 6.54 Å². The fourth-order valence-electron chi connectivity index (χ4n) is 3.61. The number of carbonyl (C=O) groups is 2. The summed E-state index contributed by atoms with van der Waals surface area (Å²) in [7, 11) is 0. The van der Waals surface area contributed by atoms with Crippen LogP contribution < -0.4 is 11.1 Å². The lowest BCUT2D eigenvalue weighted by Crippen LogP contribution is -2.40. The molecule has 0 fully saturated rings. The van der Waals surface area contributed by atoms with Gasteiger partial charge in [-0.05, 0) is 36.8 Å². The summed E-state index contributed by atoms with van der Waals surface area (Å²) >= 11 is 1.38. The van der Waals surface area contributed by atoms with Gasteiger partial charge in [0.05, 0.1) is 18.2 Å². The topological polar surface area (TPSA) is 101 Å². The van der Waals surface area contributed by atoms with Crippen molar-refractivity contribution < 1.29 is 9.59 Å². The van der Waals surface area contributed by atoms with Crippen LogP contribution in [0.1, 0.15) is 24.2 Å². The van der Waals surface area contributed by atoms with Gasteiger partial charge >= 0.3 is 0 Å². The number of benzene rings is 2. The first-order chi connectivity index (χ1) is 16.5. The molecule has 2 heterocycles. The molecule has 0 saturated heterocycles. The summed E-state index contributed by atoms with van der Waals surface area (Å²) in [5.74, 6) is -0.440. The highest BCUT2D eigenvalue weighted by Gasteiger charge is 2.24. The van der Waals surface area contributed by atoms with Crippen LogP contribution in [0.3, 0.4) is 0 Å². The monoisotopic (exact) mass is 471 g/mol. The van der Waals surface area contributed by atoms with E-state index in [1.54, 1.807) is 23.2 Å². The van der Waals surface area contributed by atoms with Crippen LogP contribution in [0, 0.1) is 0 Å². The van der Waals surface area contributed by atoms with Gasteiger partial charge in [0.25, 0.3) is 0 Å². The molecule has 2 amide bonds. The van der Waals surface area contributed by atoms with Gasteiger partial charge in [0, 0.05) is 28.5 Å². The number of hydrogen-bond donors (Lipinski definition) is 2. The van der Waals surface area contributed by atoms with E-state index in [0.717, 1.165) is 16.8 Å². The molecule has 0 aliphatic carbocycles. The van der Waals surface area contributed by atoms with Crippen molar-refractivity contribution >= 4 is 34.0 Å². The molecule has 0 saturated carbocycles. The van der Waals surface area contributed by atoms with Gasteiger partial charge < -0.3 is 16.0 Å². The standard InChI is InChI=1S/C26H25N5O2S/c1-18(19-7-3-2-4-8-19)31(25(33)15-22-9-5-6-14-28-22)16-24(32)29-21-12-10-20(11-13-21)23-17-34-26(27)30-23/h2-14,17-18H,15-16H2,1H3,(H2,27,30)(H,29,32)/t18-/m0/s1. The molecule has 172 valence electrons. The molecule has 7 nitrogen and oxygen atoms in total. The van der Waals surface area contributed by atoms with Crippen LogP contribution in [0.15, 0.2) is 84.4 Å². The number of nitrogens with one attached hydrogen (secondary N) is 1. The highest BCUT2D eigenvalue weighted by molar-refractivity contribution is 7.13. The molecule has 0 spiro atoms. The van der Waals surface area contributed by atoms with Crippen LogP contribution in [0.5, 0.6) is 0 Å². The van der Waals surface area contributed by atoms with E-state index in [4.69, 9.17) is 5.73 Å². The molecule has 0 bridgehead atoms. The van der Waals surface area contributed by atoms with Crippen molar-refractivity contribution in [1.29, 1.82) is 0 Å². The highest BCUT2D eigenvalue weighted by Crippen LogP contribution is 2.25. The first kappa shape index (κ1) is 23.1. The quantitative estimate of drug-likeness (QED) is 0.392. The molecule has 3 N–H and O–H groups in total. The first-order valence-corrected chi connectivity index (χ1v) is 11.7. The van der Waals surface area contributed by atoms with Crippen LogP contribution >= 0.6 is 11.3 Å². The van der Waals surface area contributed by atoms with E-state index in [9.17, 15) is 9.59 Å². The van der Waals surface area contributed by atoms with E-state index in [0.29, 0.717) is 16.5 Å². The number of amides is 2. The molecule has 4 aromatic rings. The number of pyridine rings is 1. The molecule has 0 radical (unpaired) electrons. The Hall–Kier alpha value is -4.04. The summed E-state index contributed by atoms with van der Waals surface area (Å²) in [6.07, 6.45) is 1.78. The van der Waals surface area contributed by atoms with E-state index in [2.05, 4.69) is 15.3 Å². The predicted octanol–water partition coefficient (Wildman–Crippen LogP) is 4.56. The van der Waals surface area contributed by atoms with Gasteiger partial charge in [-0.25, -0.2) is 4.98 Å². The second-order valence-electron chi connectivity index (χ2n) is 7.80. The third-order valence-electron chi connectivity index (χ3n) is 5.43. The van der Waals surface area contributed by atoms with Crippen LogP contribution in [-0.4, -0.2) is 33.2 Å². The number of nitrogens with zero attached hydrogens (tertiary/aromatic N) is 3. The number of nitrogens with two attached hydrogens (primary N) is 1. The van der Waals surface area contributed by atoms with Gasteiger partial charge in [0.15, 0.2) is 5.13 Å². The lowest BCUT2D eigenvalue weighted by atomic mass is 10.1. The number of nitrogen functional groups attached to an aromatic ring is 1. The van der Waals surface area contributed by atoms with Gasteiger partial charge in [-0.15, -0.1) is 11.3 Å². The maximum atomic E-state index is 13.2. The Morgan fingerprint density at radius 1 is 1.03 bits per heavy atom. The van der Waals surface area contributed by atoms with Crippen molar-refractivity contribution in [2.75, 3.05) is 17.6 Å². The summed E-state index contributed by atoms with van der Waals surface area (Å²) in [4.78, 5) is 36.3. The van der Waals surface area contributed by atoms with Crippen molar-refractivity contribution in [1.82, 2.24) is 14.9 Å². The largest absolute Gasteiger partial charge is 0.375 e. The smallest absolute Gasteiger partial charge is 0.244 e. The fraction of sp³-hybridized carbons (Fsp3) is 0.154. The molecule has 34 heavy (non-hydrogen) atoms. The Bertz CT molecular complexity index is 1240. The summed E-state index contributed by atoms with van der Waals surface area (Å²) < 4.78 is 0. The Morgan fingerprint density at radius 3 is 2.41 bits per heavy atom. The number of anilines is 2. The zero-order chi connectivity index (χ0) is 23.9. The van der Waals surface area contributed by atoms with Crippen molar-refractivity contribution in [3.63, 3.8) is 0 Å². The average molecular weight is 472 g/mol. The van der Waals surface area contributed by atoms with E-state index < -0.39 is 0 Å². The highest BCUT2D eigenvalue weighted by atomic mass is 32.1. The van der Waals surface area contributed by atoms with Gasteiger partial charge in [-0.3, -0.25) is 14.6 Å². The van der Waals surface area contributed by atoms with Crippen molar-refractivity contribution in [3.05, 3.63) is 95.6 Å². The second kappa shape index (κ2) is 10.7. The second-order valence-corrected chi connectivity index (χ2v) is 8.69. The van der Waals surface area contributed by atoms with E-state index >= 15 is 0 Å². The maximum absolute atomic E-state index is 13.2. The van der Waals surface area contributed by atoms with Gasteiger partial charge in [-0.1, -0.05) is 48.5 Å². The number of aromatic nitrogens is 2. The molecule has 2 aromatic carbocycles. The fourth-order valence-corrected chi connectivity index (χ4v) is 4.18. The van der Waals surface area contributed by atoms with Gasteiger partial charge in [0.2, 0.25) is 11.8 Å². The van der Waals surface area contributed by atoms with Crippen LogP contribution in [0.4, 0.5) is 10.8 Å². The minimum absolute atomic E-state index is 0.0773. The summed E-state index contributed by atoms with van der Waals surface area (Å²) in [5, 5.41) is 5.29. The van der Waals surface area contributed by atoms with Crippen LogP contribution in [0.25, 0.3) is 11.3 Å². The minimum Gasteiger partial charge on any atom is -0.375 e. The number of thiazole rings is 1. The molecule has 0 aliphatic rings. The minimum atomic E-state index is -0.277. The molecule has 0 unspecified atom stereocenters. The van der Waals surface area contributed by atoms with Crippen molar-refractivity contribution in [2.24, 2.45) is 0 Å². The Kier molecular flexibility index (Phi) is 7.29. The van der Waals surface area contributed by atoms with Crippen LogP contribution in [-0.2, 0) is 16.0 Å². The summed E-state index contributed by atoms with van der Waals surface area (Å²) in [5.41, 5.74) is 9.68. The number of hydrogen-bond acceptors (Lipinski definition) is 6. The lowest BCUT2D eigenvalue weighted by molar-refractivity contribution is -0.136. The molecule has 2 aromatic heterocycles. The lowest BCUT2D eigenvalue weighted by Gasteiger charge is -2.29. The normalized spacial score (nSPS) is 11.6. The zero-order valence-corrected chi connectivity index (χ0v) is 19.5. The van der Waals surface area contributed by atoms with E-state index in [1.165, 1.54) is 11.3 Å². The van der Waals surface area contributed by atoms with Gasteiger partial charge in [-0.2, -0.15) is 0 Å². The molecular formula is C26H25N5O2S. The molecular weight excluding hydrogens is 446 g/mol. The number of carbonyl (C=O) groups excluding carboxylic acids is 2. The third kappa shape index (κ3) is 5.85. The molecule has 8 heteroatoms. The maximum Gasteiger partial charge on any atom is 0.244 e. The van der Waals surface area contributed by atoms with Crippen molar-refractivity contribution in [3.8, 4) is 11.3 Å². The third-order valence-corrected chi connectivity index (χ3v) is 6.10. The zero-order valence-electron chi connectivity index (χ0n) is 18.7. The summed E-state index contributed by atoms with van der Waals surface area (Å²) in [6, 6.07) is 22.2. The number of rotatable bonds is 8.